The largest absolute Gasteiger partial charge is 0.361 e. The summed E-state index contributed by atoms with van der Waals surface area (Å²) in [7, 11) is 0. The summed E-state index contributed by atoms with van der Waals surface area (Å²) >= 11 is 0. The van der Waals surface area contributed by atoms with E-state index in [9.17, 15) is 4.79 Å². The number of rotatable bonds is 5. The van der Waals surface area contributed by atoms with E-state index in [-0.39, 0.29) is 11.8 Å². The summed E-state index contributed by atoms with van der Waals surface area (Å²) in [6.45, 7) is 3.05. The van der Waals surface area contributed by atoms with E-state index in [4.69, 9.17) is 9.05 Å². The zero-order chi connectivity index (χ0) is 17.2. The quantitative estimate of drug-likeness (QED) is 0.710. The first-order valence-electron chi connectivity index (χ1n) is 8.24. The summed E-state index contributed by atoms with van der Waals surface area (Å²) in [5.41, 5.74) is 1.87. The van der Waals surface area contributed by atoms with E-state index in [1.807, 2.05) is 48.2 Å². The van der Waals surface area contributed by atoms with Crippen LogP contribution in [-0.2, 0) is 17.8 Å². The van der Waals surface area contributed by atoms with Crippen molar-refractivity contribution in [3.05, 3.63) is 65.1 Å². The van der Waals surface area contributed by atoms with E-state index in [1.54, 1.807) is 0 Å². The number of hydrogen-bond donors (Lipinski definition) is 0. The van der Waals surface area contributed by atoms with Gasteiger partial charge in [0.25, 0.3) is 0 Å². The molecule has 1 fully saturated rings. The average molecular weight is 338 g/mol. The Balaban J connectivity index is 1.42. The predicted molar refractivity (Wildman–Crippen MR) is 87.6 cm³/mol. The Morgan fingerprint density at radius 3 is 2.80 bits per heavy atom. The SMILES string of the molecule is Cc1cc(Cc2nc(C3CC(=O)N(Cc4ccccc4)C3)no2)no1. The number of carbonyl (C=O) groups is 1. The number of carbonyl (C=O) groups excluding carboxylic acids is 1. The number of aromatic nitrogens is 3. The van der Waals surface area contributed by atoms with Gasteiger partial charge in [0.05, 0.1) is 12.1 Å². The molecule has 0 aliphatic carbocycles. The van der Waals surface area contributed by atoms with Crippen molar-refractivity contribution in [2.45, 2.75) is 32.2 Å². The fraction of sp³-hybridized carbons (Fsp3) is 0.333. The van der Waals surface area contributed by atoms with Crippen LogP contribution in [0.3, 0.4) is 0 Å². The molecule has 0 spiro atoms. The normalized spacial score (nSPS) is 17.4. The first kappa shape index (κ1) is 15.6. The van der Waals surface area contributed by atoms with Crippen molar-refractivity contribution in [1.82, 2.24) is 20.2 Å². The maximum absolute atomic E-state index is 12.3. The second-order valence-corrected chi connectivity index (χ2v) is 6.31. The second-order valence-electron chi connectivity index (χ2n) is 6.31. The highest BCUT2D eigenvalue weighted by molar-refractivity contribution is 5.79. The third-order valence-corrected chi connectivity index (χ3v) is 4.29. The molecule has 1 aliphatic rings. The topological polar surface area (TPSA) is 85.3 Å². The molecule has 7 heteroatoms. The highest BCUT2D eigenvalue weighted by Crippen LogP contribution is 2.27. The molecule has 7 nitrogen and oxygen atoms in total. The van der Waals surface area contributed by atoms with Crippen molar-refractivity contribution >= 4 is 5.91 Å². The predicted octanol–water partition coefficient (Wildman–Crippen LogP) is 2.47. The Labute approximate surface area is 144 Å². The molecule has 1 unspecified atom stereocenters. The molecule has 1 atom stereocenters. The minimum Gasteiger partial charge on any atom is -0.361 e. The molecule has 3 heterocycles. The lowest BCUT2D eigenvalue weighted by Crippen LogP contribution is -2.24. The molecule has 1 amide bonds. The maximum Gasteiger partial charge on any atom is 0.232 e. The van der Waals surface area contributed by atoms with Gasteiger partial charge in [-0.25, -0.2) is 0 Å². The van der Waals surface area contributed by atoms with Crippen LogP contribution in [0.25, 0.3) is 0 Å². The van der Waals surface area contributed by atoms with Crippen LogP contribution >= 0.6 is 0 Å². The van der Waals surface area contributed by atoms with Crippen molar-refractivity contribution < 1.29 is 13.8 Å². The van der Waals surface area contributed by atoms with Gasteiger partial charge in [-0.2, -0.15) is 4.98 Å². The summed E-state index contributed by atoms with van der Waals surface area (Å²) in [5.74, 6) is 1.89. The fourth-order valence-electron chi connectivity index (χ4n) is 3.06. The molecule has 4 rings (SSSR count). The molecule has 1 aliphatic heterocycles. The van der Waals surface area contributed by atoms with Gasteiger partial charge in [0.15, 0.2) is 5.82 Å². The Morgan fingerprint density at radius 1 is 1.20 bits per heavy atom. The molecule has 0 bridgehead atoms. The van der Waals surface area contributed by atoms with Gasteiger partial charge in [-0.15, -0.1) is 0 Å². The van der Waals surface area contributed by atoms with Crippen LogP contribution in [0.4, 0.5) is 0 Å². The van der Waals surface area contributed by atoms with Crippen LogP contribution in [0, 0.1) is 6.92 Å². The van der Waals surface area contributed by atoms with Crippen molar-refractivity contribution in [2.24, 2.45) is 0 Å². The second kappa shape index (κ2) is 6.51. The summed E-state index contributed by atoms with van der Waals surface area (Å²) in [5, 5.41) is 7.98. The van der Waals surface area contributed by atoms with Crippen molar-refractivity contribution in [1.29, 1.82) is 0 Å². The molecule has 2 aromatic heterocycles. The monoisotopic (exact) mass is 338 g/mol. The molecule has 25 heavy (non-hydrogen) atoms. The Bertz CT molecular complexity index is 871. The van der Waals surface area contributed by atoms with E-state index in [2.05, 4.69) is 15.3 Å². The third kappa shape index (κ3) is 3.45. The van der Waals surface area contributed by atoms with Gasteiger partial charge in [0.2, 0.25) is 11.8 Å². The fourth-order valence-corrected chi connectivity index (χ4v) is 3.06. The number of amides is 1. The molecule has 1 aromatic carbocycles. The first-order valence-corrected chi connectivity index (χ1v) is 8.24. The van der Waals surface area contributed by atoms with Crippen LogP contribution in [0.1, 0.15) is 41.1 Å². The third-order valence-electron chi connectivity index (χ3n) is 4.29. The average Bonchev–Trinajstić information content (AvgIpc) is 3.31. The lowest BCUT2D eigenvalue weighted by Gasteiger charge is -2.15. The van der Waals surface area contributed by atoms with Crippen molar-refractivity contribution in [3.63, 3.8) is 0 Å². The van der Waals surface area contributed by atoms with Gasteiger partial charge in [0, 0.05) is 31.5 Å². The molecule has 0 radical (unpaired) electrons. The van der Waals surface area contributed by atoms with Gasteiger partial charge >= 0.3 is 0 Å². The van der Waals surface area contributed by atoms with Crippen LogP contribution in [0.2, 0.25) is 0 Å². The molecular formula is C18H18N4O3. The number of benzene rings is 1. The van der Waals surface area contributed by atoms with Crippen LogP contribution in [-0.4, -0.2) is 32.6 Å². The smallest absolute Gasteiger partial charge is 0.232 e. The standard InChI is InChI=1S/C18H18N4O3/c1-12-7-15(20-24-12)9-16-19-18(21-25-16)14-8-17(23)22(11-14)10-13-5-3-2-4-6-13/h2-7,14H,8-11H2,1H3. The van der Waals surface area contributed by atoms with Crippen LogP contribution < -0.4 is 0 Å². The lowest BCUT2D eigenvalue weighted by atomic mass is 10.1. The van der Waals surface area contributed by atoms with E-state index in [0.717, 1.165) is 17.0 Å². The van der Waals surface area contributed by atoms with Crippen LogP contribution in [0.15, 0.2) is 45.4 Å². The van der Waals surface area contributed by atoms with Crippen LogP contribution in [0.5, 0.6) is 0 Å². The van der Waals surface area contributed by atoms with Gasteiger partial charge in [-0.05, 0) is 12.5 Å². The van der Waals surface area contributed by atoms with E-state index in [1.165, 1.54) is 0 Å². The number of aryl methyl sites for hydroxylation is 1. The van der Waals surface area contributed by atoms with E-state index >= 15 is 0 Å². The minimum atomic E-state index is -0.0345. The van der Waals surface area contributed by atoms with Gasteiger partial charge in [-0.1, -0.05) is 40.6 Å². The number of nitrogens with zero attached hydrogens (tertiary/aromatic N) is 4. The van der Waals surface area contributed by atoms with Crippen molar-refractivity contribution in [2.75, 3.05) is 6.54 Å². The first-order chi connectivity index (χ1) is 12.2. The number of likely N-dealkylation sites (tertiary alicyclic amines) is 1. The highest BCUT2D eigenvalue weighted by atomic mass is 16.5. The Morgan fingerprint density at radius 2 is 2.04 bits per heavy atom. The molecule has 1 saturated heterocycles. The summed E-state index contributed by atoms with van der Waals surface area (Å²) in [6, 6.07) is 11.8. The summed E-state index contributed by atoms with van der Waals surface area (Å²) < 4.78 is 10.3. The summed E-state index contributed by atoms with van der Waals surface area (Å²) in [6.07, 6.45) is 0.841. The Kier molecular flexibility index (Phi) is 4.05. The highest BCUT2D eigenvalue weighted by Gasteiger charge is 2.33. The van der Waals surface area contributed by atoms with Gasteiger partial charge in [0.1, 0.15) is 5.76 Å². The van der Waals surface area contributed by atoms with Gasteiger partial charge < -0.3 is 13.9 Å². The molecular weight excluding hydrogens is 320 g/mol. The zero-order valence-electron chi connectivity index (χ0n) is 13.9. The molecule has 128 valence electrons. The molecule has 0 N–H and O–H groups in total. The van der Waals surface area contributed by atoms with Crippen molar-refractivity contribution in [3.8, 4) is 0 Å². The Hall–Kier alpha value is -2.96. The van der Waals surface area contributed by atoms with E-state index < -0.39 is 0 Å². The minimum absolute atomic E-state index is 0.0345. The number of hydrogen-bond acceptors (Lipinski definition) is 6. The summed E-state index contributed by atoms with van der Waals surface area (Å²) in [4.78, 5) is 18.6. The molecule has 3 aromatic rings. The van der Waals surface area contributed by atoms with E-state index in [0.29, 0.717) is 37.6 Å². The molecule has 0 saturated carbocycles. The zero-order valence-corrected chi connectivity index (χ0v) is 13.9. The lowest BCUT2D eigenvalue weighted by molar-refractivity contribution is -0.128. The van der Waals surface area contributed by atoms with Gasteiger partial charge in [-0.3, -0.25) is 4.79 Å². The maximum atomic E-state index is 12.3.